The van der Waals surface area contributed by atoms with E-state index in [4.69, 9.17) is 0 Å². The quantitative estimate of drug-likeness (QED) is 0.507. The van der Waals surface area contributed by atoms with Crippen LogP contribution in [0.2, 0.25) is 0 Å². The average Bonchev–Trinajstić information content (AvgIpc) is 0. The van der Waals surface area contributed by atoms with Gasteiger partial charge in [-0.25, -0.2) is 0 Å². The summed E-state index contributed by atoms with van der Waals surface area (Å²) in [5.41, 5.74) is 0. The van der Waals surface area contributed by atoms with Gasteiger partial charge in [-0.05, 0) is 0 Å². The molecule has 0 radical (unpaired) electrons. The van der Waals surface area contributed by atoms with Crippen LogP contribution in [0.4, 0.5) is 0 Å². The van der Waals surface area contributed by atoms with Crippen LogP contribution in [0.3, 0.4) is 0 Å². The Hall–Kier alpha value is 1.73. The first kappa shape index (κ1) is 42.8. The van der Waals surface area contributed by atoms with Gasteiger partial charge in [-0.2, -0.15) is 0 Å². The van der Waals surface area contributed by atoms with Crippen molar-refractivity contribution in [2.75, 3.05) is 0 Å². The zero-order chi connectivity index (χ0) is 0. The summed E-state index contributed by atoms with van der Waals surface area (Å²) in [6, 6.07) is 0. The molecule has 0 rings (SSSR count). The molecule has 0 heterocycles. The Kier molecular flexibility index (Phi) is 235. The molecule has 3 heteroatoms. The van der Waals surface area contributed by atoms with Gasteiger partial charge in [0.2, 0.25) is 0 Å². The summed E-state index contributed by atoms with van der Waals surface area (Å²) >= 11 is 0. The fourth-order valence-corrected chi connectivity index (χ4v) is 0. The third-order valence-electron chi connectivity index (χ3n) is 0. The van der Waals surface area contributed by atoms with Crippen LogP contribution in [0.15, 0.2) is 0 Å². The van der Waals surface area contributed by atoms with E-state index in [-0.39, 0.29) is 71.5 Å². The molecule has 0 atom stereocenters. The summed E-state index contributed by atoms with van der Waals surface area (Å²) in [5, 5.41) is 0. The van der Waals surface area contributed by atoms with E-state index < -0.39 is 0 Å². The molecule has 1 nitrogen and oxygen atoms in total. The fraction of sp³-hybridized carbons (Fsp3) is 1.00. The summed E-state index contributed by atoms with van der Waals surface area (Å²) in [6.45, 7) is 0. The predicted molar refractivity (Wildman–Crippen MR) is 27.5 cm³/mol. The van der Waals surface area contributed by atoms with Gasteiger partial charge in [0.1, 0.15) is 0 Å². The molecule has 4 heavy (non-hydrogen) atoms. The summed E-state index contributed by atoms with van der Waals surface area (Å²) in [4.78, 5) is 0. The number of hydrogen-bond donors (Lipinski definition) is 1. The van der Waals surface area contributed by atoms with Gasteiger partial charge in [0.25, 0.3) is 0 Å². The third kappa shape index (κ3) is 9.29. The number of hydrogen-bond acceptors (Lipinski definition) is 1. The van der Waals surface area contributed by atoms with Crippen LogP contribution in [0.5, 0.6) is 0 Å². The molecule has 0 aromatic carbocycles. The maximum atomic E-state index is 0. The second kappa shape index (κ2) is 22.0. The Labute approximate surface area is 70.4 Å². The van der Waals surface area contributed by atoms with E-state index in [1.807, 2.05) is 0 Å². The van der Waals surface area contributed by atoms with E-state index in [1.54, 1.807) is 0 Å². The van der Waals surface area contributed by atoms with Crippen LogP contribution < -0.4 is 6.15 Å². The Morgan fingerprint density at radius 3 is 1.00 bits per heavy atom. The van der Waals surface area contributed by atoms with Gasteiger partial charge < -0.3 is 6.15 Å². The zero-order valence-electron chi connectivity index (χ0n) is 1.12. The van der Waals surface area contributed by atoms with Crippen molar-refractivity contribution in [3.05, 3.63) is 0 Å². The molecule has 0 aliphatic carbocycles. The van der Waals surface area contributed by atoms with Gasteiger partial charge in [-0.15, -0.1) is 12.4 Å². The molecule has 0 aromatic rings. The first-order chi connectivity index (χ1) is 0. The minimum absolute atomic E-state index is 0. The molecule has 0 spiro atoms. The number of halogens is 1. The van der Waals surface area contributed by atoms with Crippen LogP contribution in [0, 0.1) is 0 Å². The predicted octanol–water partition coefficient (Wildman–Crippen LogP) is 0.304. The van der Waals surface area contributed by atoms with E-state index in [9.17, 15) is 0 Å². The van der Waals surface area contributed by atoms with Crippen LogP contribution in [-0.2, 0) is 0 Å². The van der Waals surface area contributed by atoms with E-state index in [0.717, 1.165) is 0 Å². The van der Waals surface area contributed by atoms with Gasteiger partial charge in [0.15, 0.2) is 0 Å². The molecular formula is CH10ClNSr. The van der Waals surface area contributed by atoms with E-state index in [2.05, 4.69) is 0 Å². The van der Waals surface area contributed by atoms with Crippen molar-refractivity contribution in [2.24, 2.45) is 0 Å². The molecule has 28 valence electrons. The normalized spacial score (nSPS) is 0. The average molecular weight is 159 g/mol. The van der Waals surface area contributed by atoms with Crippen molar-refractivity contribution in [1.82, 2.24) is 6.15 Å². The van der Waals surface area contributed by atoms with Crippen molar-refractivity contribution in [3.63, 3.8) is 0 Å². The molecule has 0 aliphatic rings. The summed E-state index contributed by atoms with van der Waals surface area (Å²) in [6.07, 6.45) is 0. The van der Waals surface area contributed by atoms with Crippen LogP contribution in [0.25, 0.3) is 0 Å². The van der Waals surface area contributed by atoms with Crippen LogP contribution in [-0.4, -0.2) is 45.5 Å². The maximum absolute atomic E-state index is 0. The number of rotatable bonds is 0. The molecule has 0 saturated carbocycles. The van der Waals surface area contributed by atoms with Crippen molar-refractivity contribution in [3.8, 4) is 0 Å². The van der Waals surface area contributed by atoms with Crippen molar-refractivity contribution in [2.45, 2.75) is 7.43 Å². The topological polar surface area (TPSA) is 35.0 Å². The Morgan fingerprint density at radius 1 is 1.00 bits per heavy atom. The molecule has 0 bridgehead atoms. The molecule has 0 aromatic heterocycles. The molecule has 3 N–H and O–H groups in total. The molecule has 0 saturated heterocycles. The van der Waals surface area contributed by atoms with Gasteiger partial charge >= 0.3 is 45.5 Å². The molecular weight excluding hydrogens is 149 g/mol. The van der Waals surface area contributed by atoms with E-state index >= 15 is 0 Å². The van der Waals surface area contributed by atoms with Crippen molar-refractivity contribution < 1.29 is 0 Å². The Morgan fingerprint density at radius 2 is 1.00 bits per heavy atom. The second-order valence-corrected chi connectivity index (χ2v) is 0. The van der Waals surface area contributed by atoms with Crippen molar-refractivity contribution >= 4 is 57.9 Å². The first-order valence-electron chi connectivity index (χ1n) is 0. The molecule has 0 unspecified atom stereocenters. The monoisotopic (exact) mass is 159 g/mol. The van der Waals surface area contributed by atoms with Crippen molar-refractivity contribution in [1.29, 1.82) is 0 Å². The van der Waals surface area contributed by atoms with Crippen LogP contribution >= 0.6 is 12.4 Å². The van der Waals surface area contributed by atoms with Crippen LogP contribution in [0.1, 0.15) is 7.43 Å². The Bertz CT molecular complexity index is 8.00. The minimum atomic E-state index is 0. The third-order valence-corrected chi connectivity index (χ3v) is 0. The van der Waals surface area contributed by atoms with Gasteiger partial charge in [0.05, 0.1) is 0 Å². The second-order valence-electron chi connectivity index (χ2n) is 0. The SMILES string of the molecule is C.Cl.N.[SrH2]. The van der Waals surface area contributed by atoms with Gasteiger partial charge in [0, 0.05) is 0 Å². The molecule has 0 amide bonds. The summed E-state index contributed by atoms with van der Waals surface area (Å²) in [5.74, 6) is 0. The molecule has 0 fully saturated rings. The first-order valence-corrected chi connectivity index (χ1v) is 0. The molecule has 0 aliphatic heterocycles. The fourth-order valence-electron chi connectivity index (χ4n) is 0. The van der Waals surface area contributed by atoms with E-state index in [0.29, 0.717) is 0 Å². The Balaban J connectivity index is 0. The summed E-state index contributed by atoms with van der Waals surface area (Å²) < 4.78 is 0. The van der Waals surface area contributed by atoms with E-state index in [1.165, 1.54) is 0 Å². The standard InChI is InChI=1S/CH4.ClH.H3N.Sr.2H/h1H4;1H;1H3;;;. The zero-order valence-corrected chi connectivity index (χ0v) is 1.93. The summed E-state index contributed by atoms with van der Waals surface area (Å²) in [7, 11) is 0. The van der Waals surface area contributed by atoms with Gasteiger partial charge in [-0.3, -0.25) is 0 Å². The van der Waals surface area contributed by atoms with Gasteiger partial charge in [-0.1, -0.05) is 7.43 Å².